The zero-order chi connectivity index (χ0) is 25.9. The molecule has 3 aromatic carbocycles. The van der Waals surface area contributed by atoms with Crippen molar-refractivity contribution in [2.24, 2.45) is 5.18 Å². The van der Waals surface area contributed by atoms with Crippen molar-refractivity contribution in [2.75, 3.05) is 13.2 Å². The topological polar surface area (TPSA) is 91.3 Å². The number of ether oxygens (including phenoxy) is 3. The van der Waals surface area contributed by atoms with E-state index in [1.165, 1.54) is 6.07 Å². The molecule has 186 valence electrons. The maximum absolute atomic E-state index is 12.4. The Morgan fingerprint density at radius 2 is 1.53 bits per heavy atom. The van der Waals surface area contributed by atoms with Crippen molar-refractivity contribution in [2.45, 2.75) is 45.1 Å². The third-order valence-corrected chi connectivity index (χ3v) is 6.08. The van der Waals surface area contributed by atoms with Crippen LogP contribution in [0.2, 0.25) is 0 Å². The SMILES string of the molecule is CC(COC(=O)OCC1c2ccccc2-c2ccccc21)c1ccc(C(=O)OC(C)(C)C)cc1N=O. The molecule has 1 aliphatic rings. The van der Waals surface area contributed by atoms with E-state index in [-0.39, 0.29) is 36.3 Å². The summed E-state index contributed by atoms with van der Waals surface area (Å²) in [7, 11) is 0. The maximum atomic E-state index is 12.4. The summed E-state index contributed by atoms with van der Waals surface area (Å²) >= 11 is 0. The molecule has 36 heavy (non-hydrogen) atoms. The van der Waals surface area contributed by atoms with Crippen molar-refractivity contribution < 1.29 is 23.8 Å². The number of carbonyl (C=O) groups excluding carboxylic acids is 2. The van der Waals surface area contributed by atoms with Crippen LogP contribution in [0, 0.1) is 4.91 Å². The van der Waals surface area contributed by atoms with Crippen molar-refractivity contribution in [3.8, 4) is 11.1 Å². The highest BCUT2D eigenvalue weighted by molar-refractivity contribution is 5.91. The fourth-order valence-electron chi connectivity index (χ4n) is 4.42. The predicted octanol–water partition coefficient (Wildman–Crippen LogP) is 7.11. The first kappa shape index (κ1) is 25.1. The molecule has 0 fully saturated rings. The van der Waals surface area contributed by atoms with Gasteiger partial charge in [0.25, 0.3) is 0 Å². The standard InChI is InChI=1S/C29H29NO6/c1-18(20-14-13-19(15-26(20)30-33)27(31)36-29(2,3)4)16-34-28(32)35-17-25-23-11-7-5-9-21(23)22-10-6-8-12-24(22)25/h5-15,18,25H,16-17H2,1-4H3. The van der Waals surface area contributed by atoms with Crippen molar-refractivity contribution in [3.05, 3.63) is 93.9 Å². The average molecular weight is 488 g/mol. The van der Waals surface area contributed by atoms with Gasteiger partial charge in [-0.25, -0.2) is 9.59 Å². The fraction of sp³-hybridized carbons (Fsp3) is 0.310. The van der Waals surface area contributed by atoms with Gasteiger partial charge in [0.2, 0.25) is 0 Å². The second kappa shape index (κ2) is 10.3. The van der Waals surface area contributed by atoms with Gasteiger partial charge in [0.05, 0.1) is 5.56 Å². The van der Waals surface area contributed by atoms with Crippen LogP contribution in [0.5, 0.6) is 0 Å². The molecule has 0 heterocycles. The minimum absolute atomic E-state index is 0.00895. The van der Waals surface area contributed by atoms with Gasteiger partial charge in [-0.2, -0.15) is 0 Å². The van der Waals surface area contributed by atoms with Gasteiger partial charge in [0, 0.05) is 11.8 Å². The van der Waals surface area contributed by atoms with Crippen LogP contribution in [-0.4, -0.2) is 30.9 Å². The summed E-state index contributed by atoms with van der Waals surface area (Å²) < 4.78 is 16.2. The van der Waals surface area contributed by atoms with E-state index in [1.807, 2.05) is 36.4 Å². The second-order valence-corrected chi connectivity index (χ2v) is 9.87. The van der Waals surface area contributed by atoms with E-state index in [4.69, 9.17) is 14.2 Å². The third kappa shape index (κ3) is 5.46. The smallest absolute Gasteiger partial charge is 0.456 e. The molecule has 0 saturated heterocycles. The first-order valence-corrected chi connectivity index (χ1v) is 11.9. The molecule has 0 amide bonds. The van der Waals surface area contributed by atoms with E-state index in [2.05, 4.69) is 17.3 Å². The van der Waals surface area contributed by atoms with Gasteiger partial charge < -0.3 is 14.2 Å². The Balaban J connectivity index is 1.36. The van der Waals surface area contributed by atoms with Gasteiger partial charge in [0.1, 0.15) is 24.5 Å². The molecule has 1 unspecified atom stereocenters. The van der Waals surface area contributed by atoms with E-state index in [1.54, 1.807) is 39.8 Å². The Kier molecular flexibility index (Phi) is 7.20. The largest absolute Gasteiger partial charge is 0.508 e. The molecule has 1 aliphatic carbocycles. The molecule has 0 aliphatic heterocycles. The zero-order valence-electron chi connectivity index (χ0n) is 20.8. The molecule has 0 N–H and O–H groups in total. The maximum Gasteiger partial charge on any atom is 0.508 e. The number of hydrogen-bond donors (Lipinski definition) is 0. The van der Waals surface area contributed by atoms with Gasteiger partial charge >= 0.3 is 12.1 Å². The van der Waals surface area contributed by atoms with Crippen LogP contribution < -0.4 is 0 Å². The lowest BCUT2D eigenvalue weighted by molar-refractivity contribution is 0.00694. The number of benzene rings is 3. The summed E-state index contributed by atoms with van der Waals surface area (Å²) in [6.07, 6.45) is -0.783. The Hall–Kier alpha value is -4.00. The molecule has 0 spiro atoms. The first-order chi connectivity index (χ1) is 17.2. The van der Waals surface area contributed by atoms with Crippen LogP contribution in [-0.2, 0) is 14.2 Å². The highest BCUT2D eigenvalue weighted by Gasteiger charge is 2.29. The number of esters is 1. The van der Waals surface area contributed by atoms with Gasteiger partial charge in [-0.15, -0.1) is 4.91 Å². The molecule has 0 saturated carbocycles. The van der Waals surface area contributed by atoms with E-state index >= 15 is 0 Å². The number of rotatable bonds is 7. The number of nitrogens with zero attached hydrogens (tertiary/aromatic N) is 1. The Labute approximate surface area is 210 Å². The normalized spacial score (nSPS) is 13.3. The number of hydrogen-bond acceptors (Lipinski definition) is 7. The van der Waals surface area contributed by atoms with Crippen molar-refractivity contribution >= 4 is 17.8 Å². The van der Waals surface area contributed by atoms with Crippen LogP contribution in [0.1, 0.15) is 66.6 Å². The monoisotopic (exact) mass is 487 g/mol. The van der Waals surface area contributed by atoms with Crippen molar-refractivity contribution in [1.82, 2.24) is 0 Å². The Morgan fingerprint density at radius 3 is 2.11 bits per heavy atom. The van der Waals surface area contributed by atoms with Gasteiger partial charge in [-0.3, -0.25) is 0 Å². The summed E-state index contributed by atoms with van der Waals surface area (Å²) in [5, 5.41) is 3.06. The summed E-state index contributed by atoms with van der Waals surface area (Å²) in [6.45, 7) is 7.24. The van der Waals surface area contributed by atoms with Gasteiger partial charge in [-0.1, -0.05) is 61.5 Å². The van der Waals surface area contributed by atoms with Crippen molar-refractivity contribution in [1.29, 1.82) is 0 Å². The fourth-order valence-corrected chi connectivity index (χ4v) is 4.42. The minimum atomic E-state index is -0.783. The zero-order valence-corrected chi connectivity index (χ0v) is 20.8. The predicted molar refractivity (Wildman–Crippen MR) is 137 cm³/mol. The molecule has 3 aromatic rings. The summed E-state index contributed by atoms with van der Waals surface area (Å²) in [4.78, 5) is 36.2. The quantitative estimate of drug-likeness (QED) is 0.260. The van der Waals surface area contributed by atoms with Crippen LogP contribution in [0.4, 0.5) is 10.5 Å². The average Bonchev–Trinajstić information content (AvgIpc) is 3.18. The Bertz CT molecular complexity index is 1250. The molecule has 0 aromatic heterocycles. The van der Waals surface area contributed by atoms with Gasteiger partial charge in [0.15, 0.2) is 0 Å². The second-order valence-electron chi connectivity index (χ2n) is 9.87. The molecule has 4 rings (SSSR count). The van der Waals surface area contributed by atoms with Crippen LogP contribution in [0.3, 0.4) is 0 Å². The first-order valence-electron chi connectivity index (χ1n) is 11.9. The van der Waals surface area contributed by atoms with Crippen molar-refractivity contribution in [3.63, 3.8) is 0 Å². The van der Waals surface area contributed by atoms with Crippen LogP contribution in [0.25, 0.3) is 11.1 Å². The Morgan fingerprint density at radius 1 is 0.917 bits per heavy atom. The van der Waals surface area contributed by atoms with E-state index < -0.39 is 17.7 Å². The summed E-state index contributed by atoms with van der Waals surface area (Å²) in [6, 6.07) is 20.8. The van der Waals surface area contributed by atoms with Crippen LogP contribution in [0.15, 0.2) is 71.9 Å². The lowest BCUT2D eigenvalue weighted by Gasteiger charge is -2.20. The minimum Gasteiger partial charge on any atom is -0.456 e. The molecule has 7 nitrogen and oxygen atoms in total. The molecule has 7 heteroatoms. The highest BCUT2D eigenvalue weighted by atomic mass is 16.7. The van der Waals surface area contributed by atoms with E-state index in [0.29, 0.717) is 5.56 Å². The number of nitroso groups, excluding NO2 is 1. The third-order valence-electron chi connectivity index (χ3n) is 6.08. The lowest BCUT2D eigenvalue weighted by Crippen LogP contribution is -2.23. The molecular formula is C29H29NO6. The van der Waals surface area contributed by atoms with E-state index in [9.17, 15) is 14.5 Å². The number of fused-ring (bicyclic) bond motifs is 3. The highest BCUT2D eigenvalue weighted by Crippen LogP contribution is 2.44. The number of carbonyl (C=O) groups is 2. The lowest BCUT2D eigenvalue weighted by atomic mass is 9.98. The van der Waals surface area contributed by atoms with Gasteiger partial charge in [-0.05, 0) is 65.9 Å². The van der Waals surface area contributed by atoms with E-state index in [0.717, 1.165) is 22.3 Å². The summed E-state index contributed by atoms with van der Waals surface area (Å²) in [5.74, 6) is -0.944. The molecule has 0 radical (unpaired) electrons. The molecule has 1 atom stereocenters. The van der Waals surface area contributed by atoms with Crippen LogP contribution >= 0.6 is 0 Å². The molecule has 0 bridgehead atoms. The summed E-state index contributed by atoms with van der Waals surface area (Å²) in [5.41, 5.74) is 4.76. The molecular weight excluding hydrogens is 458 g/mol.